The maximum Gasteiger partial charge on any atom is 0.230 e. The van der Waals surface area contributed by atoms with Crippen LogP contribution in [0, 0.1) is 0 Å². The SMILES string of the molecule is O=C(CSc1ccc2c(c1)OCCO2)NCCCS(=O)(=O)Cc1ccccc1. The highest BCUT2D eigenvalue weighted by Crippen LogP contribution is 2.34. The fourth-order valence-electron chi connectivity index (χ4n) is 2.73. The number of ether oxygens (including phenoxy) is 2. The van der Waals surface area contributed by atoms with Gasteiger partial charge in [0, 0.05) is 11.4 Å². The molecule has 3 rings (SSSR count). The van der Waals surface area contributed by atoms with Crippen molar-refractivity contribution in [3.8, 4) is 11.5 Å². The van der Waals surface area contributed by atoms with Gasteiger partial charge < -0.3 is 14.8 Å². The number of benzene rings is 2. The number of carbonyl (C=O) groups is 1. The Kier molecular flexibility index (Phi) is 7.22. The van der Waals surface area contributed by atoms with Crippen molar-refractivity contribution in [2.75, 3.05) is 31.3 Å². The minimum absolute atomic E-state index is 0.0295. The summed E-state index contributed by atoms with van der Waals surface area (Å²) >= 11 is 1.40. The average Bonchev–Trinajstić information content (AvgIpc) is 2.70. The van der Waals surface area contributed by atoms with E-state index >= 15 is 0 Å². The number of amides is 1. The zero-order valence-corrected chi connectivity index (χ0v) is 17.1. The first-order chi connectivity index (χ1) is 13.5. The molecule has 0 unspecified atom stereocenters. The summed E-state index contributed by atoms with van der Waals surface area (Å²) in [6, 6.07) is 14.7. The van der Waals surface area contributed by atoms with E-state index in [0.717, 1.165) is 16.2 Å². The molecule has 0 fully saturated rings. The Morgan fingerprint density at radius 2 is 1.79 bits per heavy atom. The van der Waals surface area contributed by atoms with E-state index in [9.17, 15) is 13.2 Å². The second kappa shape index (κ2) is 9.84. The molecular weight excluding hydrogens is 398 g/mol. The molecule has 1 N–H and O–H groups in total. The van der Waals surface area contributed by atoms with Crippen LogP contribution in [0.1, 0.15) is 12.0 Å². The first-order valence-electron chi connectivity index (χ1n) is 9.05. The molecule has 1 aliphatic rings. The van der Waals surface area contributed by atoms with Crippen LogP contribution in [0.4, 0.5) is 0 Å². The van der Waals surface area contributed by atoms with Crippen LogP contribution >= 0.6 is 11.8 Å². The van der Waals surface area contributed by atoms with Crippen LogP contribution in [0.25, 0.3) is 0 Å². The van der Waals surface area contributed by atoms with Gasteiger partial charge in [-0.05, 0) is 30.2 Å². The van der Waals surface area contributed by atoms with E-state index in [0.29, 0.717) is 31.9 Å². The molecule has 28 heavy (non-hydrogen) atoms. The summed E-state index contributed by atoms with van der Waals surface area (Å²) in [6.07, 6.45) is 0.398. The Morgan fingerprint density at radius 3 is 2.57 bits per heavy atom. The van der Waals surface area contributed by atoms with Crippen molar-refractivity contribution in [2.24, 2.45) is 0 Å². The summed E-state index contributed by atoms with van der Waals surface area (Å²) in [5, 5.41) is 2.77. The lowest BCUT2D eigenvalue weighted by atomic mass is 10.2. The van der Waals surface area contributed by atoms with Gasteiger partial charge in [0.2, 0.25) is 5.91 Å². The van der Waals surface area contributed by atoms with E-state index in [-0.39, 0.29) is 23.2 Å². The van der Waals surface area contributed by atoms with Gasteiger partial charge in [-0.2, -0.15) is 0 Å². The monoisotopic (exact) mass is 421 g/mol. The first kappa shape index (κ1) is 20.5. The summed E-state index contributed by atoms with van der Waals surface area (Å²) in [6.45, 7) is 1.41. The molecular formula is C20H23NO5S2. The van der Waals surface area contributed by atoms with Gasteiger partial charge in [0.25, 0.3) is 0 Å². The third kappa shape index (κ3) is 6.45. The summed E-state index contributed by atoms with van der Waals surface area (Å²) < 4.78 is 35.3. The van der Waals surface area contributed by atoms with E-state index in [1.54, 1.807) is 12.1 Å². The van der Waals surface area contributed by atoms with Crippen LogP contribution in [-0.2, 0) is 20.4 Å². The Bertz CT molecular complexity index is 900. The Balaban J connectivity index is 1.35. The fraction of sp³-hybridized carbons (Fsp3) is 0.350. The lowest BCUT2D eigenvalue weighted by Crippen LogP contribution is -2.27. The molecule has 1 amide bonds. The second-order valence-electron chi connectivity index (χ2n) is 6.38. The Morgan fingerprint density at radius 1 is 1.04 bits per heavy atom. The van der Waals surface area contributed by atoms with Crippen LogP contribution in [0.3, 0.4) is 0 Å². The van der Waals surface area contributed by atoms with Crippen molar-refractivity contribution in [3.05, 3.63) is 54.1 Å². The number of fused-ring (bicyclic) bond motifs is 1. The molecule has 8 heteroatoms. The summed E-state index contributed by atoms with van der Waals surface area (Å²) in [5.41, 5.74) is 0.780. The van der Waals surface area contributed by atoms with Gasteiger partial charge >= 0.3 is 0 Å². The van der Waals surface area contributed by atoms with Gasteiger partial charge in [-0.3, -0.25) is 4.79 Å². The van der Waals surface area contributed by atoms with E-state index in [4.69, 9.17) is 9.47 Å². The van der Waals surface area contributed by atoms with Crippen LogP contribution in [0.2, 0.25) is 0 Å². The Hall–Kier alpha value is -2.19. The number of sulfone groups is 1. The molecule has 0 radical (unpaired) electrons. The Labute approximate surface area is 169 Å². The lowest BCUT2D eigenvalue weighted by molar-refractivity contribution is -0.118. The van der Waals surface area contributed by atoms with Crippen LogP contribution in [0.15, 0.2) is 53.4 Å². The van der Waals surface area contributed by atoms with Crippen molar-refractivity contribution in [1.29, 1.82) is 0 Å². The molecule has 0 aromatic heterocycles. The lowest BCUT2D eigenvalue weighted by Gasteiger charge is -2.18. The molecule has 6 nitrogen and oxygen atoms in total. The molecule has 1 heterocycles. The van der Waals surface area contributed by atoms with Gasteiger partial charge in [0.1, 0.15) is 13.2 Å². The second-order valence-corrected chi connectivity index (χ2v) is 9.61. The van der Waals surface area contributed by atoms with Gasteiger partial charge in [-0.25, -0.2) is 8.42 Å². The van der Waals surface area contributed by atoms with E-state index in [1.807, 2.05) is 36.4 Å². The van der Waals surface area contributed by atoms with Crippen molar-refractivity contribution >= 4 is 27.5 Å². The summed E-state index contributed by atoms with van der Waals surface area (Å²) in [5.74, 6) is 1.63. The molecule has 0 spiro atoms. The van der Waals surface area contributed by atoms with Crippen molar-refractivity contribution in [1.82, 2.24) is 5.32 Å². The highest BCUT2D eigenvalue weighted by atomic mass is 32.2. The highest BCUT2D eigenvalue weighted by Gasteiger charge is 2.14. The van der Waals surface area contributed by atoms with Crippen LogP contribution in [-0.4, -0.2) is 45.6 Å². The zero-order chi connectivity index (χ0) is 19.8. The van der Waals surface area contributed by atoms with Crippen molar-refractivity contribution in [3.63, 3.8) is 0 Å². The number of nitrogens with one attached hydrogen (secondary N) is 1. The molecule has 2 aromatic rings. The third-order valence-corrected chi connectivity index (χ3v) is 6.74. The number of hydrogen-bond acceptors (Lipinski definition) is 6. The number of hydrogen-bond donors (Lipinski definition) is 1. The fourth-order valence-corrected chi connectivity index (χ4v) is 4.92. The highest BCUT2D eigenvalue weighted by molar-refractivity contribution is 8.00. The van der Waals surface area contributed by atoms with Gasteiger partial charge in [0.05, 0.1) is 17.3 Å². The van der Waals surface area contributed by atoms with E-state index in [1.165, 1.54) is 11.8 Å². The van der Waals surface area contributed by atoms with Crippen molar-refractivity contribution < 1.29 is 22.7 Å². The minimum Gasteiger partial charge on any atom is -0.486 e. The molecule has 0 saturated carbocycles. The predicted molar refractivity (Wildman–Crippen MR) is 110 cm³/mol. The number of carbonyl (C=O) groups excluding carboxylic acids is 1. The number of thioether (sulfide) groups is 1. The summed E-state index contributed by atoms with van der Waals surface area (Å²) in [7, 11) is -3.18. The minimum atomic E-state index is -3.18. The molecule has 2 aromatic carbocycles. The van der Waals surface area contributed by atoms with E-state index < -0.39 is 9.84 Å². The van der Waals surface area contributed by atoms with Gasteiger partial charge in [-0.1, -0.05) is 30.3 Å². The van der Waals surface area contributed by atoms with Crippen LogP contribution in [0.5, 0.6) is 11.5 Å². The van der Waals surface area contributed by atoms with Crippen molar-refractivity contribution in [2.45, 2.75) is 17.1 Å². The predicted octanol–water partition coefficient (Wildman–Crippen LogP) is 2.67. The molecule has 0 aliphatic carbocycles. The number of rotatable bonds is 9. The zero-order valence-electron chi connectivity index (χ0n) is 15.4. The smallest absolute Gasteiger partial charge is 0.230 e. The van der Waals surface area contributed by atoms with E-state index in [2.05, 4.69) is 5.32 Å². The van der Waals surface area contributed by atoms with Crippen LogP contribution < -0.4 is 14.8 Å². The third-order valence-electron chi connectivity index (χ3n) is 4.07. The largest absolute Gasteiger partial charge is 0.486 e. The molecule has 150 valence electrons. The van der Waals surface area contributed by atoms with Gasteiger partial charge in [-0.15, -0.1) is 11.8 Å². The quantitative estimate of drug-likeness (QED) is 0.495. The molecule has 0 bridgehead atoms. The standard InChI is InChI=1S/C20H23NO5S2/c22-20(14-27-17-7-8-18-19(13-17)26-11-10-25-18)21-9-4-12-28(23,24)15-16-5-2-1-3-6-16/h1-3,5-8,13H,4,9-12,14-15H2,(H,21,22). The molecule has 0 atom stereocenters. The normalized spacial score (nSPS) is 13.1. The maximum atomic E-state index is 12.1. The first-order valence-corrected chi connectivity index (χ1v) is 11.9. The van der Waals surface area contributed by atoms with Gasteiger partial charge in [0.15, 0.2) is 21.3 Å². The topological polar surface area (TPSA) is 81.7 Å². The molecule has 1 aliphatic heterocycles. The molecule has 0 saturated heterocycles. The summed E-state index contributed by atoms with van der Waals surface area (Å²) in [4.78, 5) is 12.9. The average molecular weight is 422 g/mol. The maximum absolute atomic E-state index is 12.1.